The minimum Gasteiger partial charge on any atom is -0.394 e. The van der Waals surface area contributed by atoms with Gasteiger partial charge in [-0.15, -0.1) is 5.11 Å². The molecule has 13 nitrogen and oxygen atoms in total. The van der Waals surface area contributed by atoms with Gasteiger partial charge in [0.2, 0.25) is 0 Å². The van der Waals surface area contributed by atoms with Crippen LogP contribution in [-0.4, -0.2) is 49.4 Å². The number of rotatable bonds is 11. The highest BCUT2D eigenvalue weighted by Gasteiger charge is 2.15. The highest BCUT2D eigenvalue weighted by molar-refractivity contribution is 7.85. The molecule has 0 spiro atoms. The second kappa shape index (κ2) is 12.6. The van der Waals surface area contributed by atoms with Crippen molar-refractivity contribution in [1.29, 1.82) is 5.26 Å². The maximum atomic E-state index is 11.1. The first kappa shape index (κ1) is 27.3. The van der Waals surface area contributed by atoms with Crippen LogP contribution in [0.15, 0.2) is 73.9 Å². The summed E-state index contributed by atoms with van der Waals surface area (Å²) < 4.78 is 36.6. The monoisotopic (exact) mass is 524 g/mol. The van der Waals surface area contributed by atoms with Crippen molar-refractivity contribution in [2.24, 2.45) is 20.5 Å². The number of nitrogens with one attached hydrogen (secondary N) is 1. The quantitative estimate of drug-likeness (QED) is 0.159. The summed E-state index contributed by atoms with van der Waals surface area (Å²) >= 11 is 0. The number of nitrogens with two attached hydrogens (primary N) is 1. The lowest BCUT2D eigenvalue weighted by atomic mass is 10.1. The fourth-order valence-corrected chi connectivity index (χ4v) is 3.52. The molecule has 0 fully saturated rings. The summed E-state index contributed by atoms with van der Waals surface area (Å²) in [5.41, 5.74) is 8.23. The van der Waals surface area contributed by atoms with Crippen LogP contribution in [0.3, 0.4) is 0 Å². The van der Waals surface area contributed by atoms with Crippen LogP contribution in [-0.2, 0) is 14.9 Å². The lowest BCUT2D eigenvalue weighted by Gasteiger charge is -2.12. The number of aromatic nitrogens is 1. The molecule has 1 heterocycles. The van der Waals surface area contributed by atoms with Gasteiger partial charge in [0.05, 0.1) is 47.3 Å². The van der Waals surface area contributed by atoms with Crippen molar-refractivity contribution < 1.29 is 22.8 Å². The number of ether oxygens (including phenoxy) is 1. The Balaban J connectivity index is 1.81. The molecule has 0 saturated heterocycles. The van der Waals surface area contributed by atoms with Crippen molar-refractivity contribution in [2.45, 2.75) is 11.8 Å². The number of hydrogen-bond acceptors (Lipinski definition) is 12. The lowest BCUT2D eigenvalue weighted by molar-refractivity contribution is 0.0992. The summed E-state index contributed by atoms with van der Waals surface area (Å²) in [6, 6.07) is 14.0. The van der Waals surface area contributed by atoms with Crippen LogP contribution >= 0.6 is 0 Å². The second-order valence-corrected chi connectivity index (χ2v) is 8.88. The zero-order valence-corrected chi connectivity index (χ0v) is 20.6. The Morgan fingerprint density at radius 2 is 1.70 bits per heavy atom. The Kier molecular flexibility index (Phi) is 9.30. The molecule has 37 heavy (non-hydrogen) atoms. The minimum atomic E-state index is -4.29. The number of nitriles is 1. The molecule has 0 atom stereocenters. The molecule has 14 heteroatoms. The smallest absolute Gasteiger partial charge is 0.294 e. The Hall–Kier alpha value is -4.29. The van der Waals surface area contributed by atoms with Gasteiger partial charge in [0, 0.05) is 12.1 Å². The summed E-state index contributed by atoms with van der Waals surface area (Å²) in [6.45, 7) is 2.49. The van der Waals surface area contributed by atoms with E-state index in [1.54, 1.807) is 31.2 Å². The summed E-state index contributed by atoms with van der Waals surface area (Å²) in [7, 11) is -4.29. The number of nitrogens with zero attached hydrogens (tertiary/aromatic N) is 6. The molecule has 0 amide bonds. The van der Waals surface area contributed by atoms with E-state index in [9.17, 15) is 13.7 Å². The van der Waals surface area contributed by atoms with Gasteiger partial charge < -0.3 is 20.9 Å². The van der Waals surface area contributed by atoms with Gasteiger partial charge in [-0.3, -0.25) is 4.55 Å². The Morgan fingerprint density at radius 1 is 1.05 bits per heavy atom. The van der Waals surface area contributed by atoms with Gasteiger partial charge in [0.25, 0.3) is 10.1 Å². The number of aliphatic hydroxyl groups is 1. The molecule has 5 N–H and O–H groups in total. The SMILES string of the molecule is Cc1c(C#N)c(N)nc(NCCOCCO)c1N=Nc1cccc(N=Nc2ccc(S(=O)(=O)O)cc2)c1. The molecule has 0 saturated carbocycles. The zero-order chi connectivity index (χ0) is 26.8. The van der Waals surface area contributed by atoms with Gasteiger partial charge in [-0.05, 0) is 49.4 Å². The van der Waals surface area contributed by atoms with E-state index in [1.165, 1.54) is 24.3 Å². The average molecular weight is 525 g/mol. The van der Waals surface area contributed by atoms with E-state index < -0.39 is 10.1 Å². The maximum Gasteiger partial charge on any atom is 0.294 e. The number of hydrogen-bond donors (Lipinski definition) is 4. The first-order valence-corrected chi connectivity index (χ1v) is 12.3. The summed E-state index contributed by atoms with van der Waals surface area (Å²) in [5.74, 6) is 0.388. The van der Waals surface area contributed by atoms with Gasteiger partial charge in [0.1, 0.15) is 17.6 Å². The lowest BCUT2D eigenvalue weighted by Crippen LogP contribution is -2.13. The van der Waals surface area contributed by atoms with Crippen molar-refractivity contribution in [1.82, 2.24) is 4.98 Å². The molecule has 192 valence electrons. The fourth-order valence-electron chi connectivity index (χ4n) is 3.04. The van der Waals surface area contributed by atoms with E-state index in [-0.39, 0.29) is 29.5 Å². The van der Waals surface area contributed by atoms with Crippen LogP contribution in [0, 0.1) is 18.3 Å². The minimum absolute atomic E-state index is 0.0600. The normalized spacial score (nSPS) is 11.7. The van der Waals surface area contributed by atoms with Gasteiger partial charge >= 0.3 is 0 Å². The Morgan fingerprint density at radius 3 is 2.32 bits per heavy atom. The van der Waals surface area contributed by atoms with Crippen molar-refractivity contribution in [3.8, 4) is 6.07 Å². The molecular weight excluding hydrogens is 500 g/mol. The number of aliphatic hydroxyl groups excluding tert-OH is 1. The molecule has 0 bridgehead atoms. The van der Waals surface area contributed by atoms with E-state index in [0.717, 1.165) is 0 Å². The predicted octanol–water partition coefficient (Wildman–Crippen LogP) is 4.34. The maximum absolute atomic E-state index is 11.1. The first-order chi connectivity index (χ1) is 17.7. The third-order valence-electron chi connectivity index (χ3n) is 4.84. The van der Waals surface area contributed by atoms with Crippen LogP contribution in [0.25, 0.3) is 0 Å². The van der Waals surface area contributed by atoms with E-state index in [1.807, 2.05) is 6.07 Å². The Bertz CT molecular complexity index is 1450. The molecule has 0 aliphatic rings. The first-order valence-electron chi connectivity index (χ1n) is 10.9. The standard InChI is InChI=1S/C23H24N8O5S/c1-15-20(14-24)22(25)27-23(26-9-11-36-12-10-32)21(15)31-30-18-4-2-3-17(13-18)29-28-16-5-7-19(8-6-16)37(33,34)35/h2-8,13,32H,9-12H2,1H3,(H3,25,26,27)(H,33,34,35). The van der Waals surface area contributed by atoms with E-state index in [4.69, 9.17) is 20.1 Å². The summed E-state index contributed by atoms with van der Waals surface area (Å²) in [4.78, 5) is 3.99. The van der Waals surface area contributed by atoms with E-state index >= 15 is 0 Å². The molecule has 2 aromatic carbocycles. The van der Waals surface area contributed by atoms with Crippen LogP contribution in [0.5, 0.6) is 0 Å². The highest BCUT2D eigenvalue weighted by atomic mass is 32.2. The van der Waals surface area contributed by atoms with Gasteiger partial charge in [-0.2, -0.15) is 29.0 Å². The second-order valence-electron chi connectivity index (χ2n) is 7.46. The predicted molar refractivity (Wildman–Crippen MR) is 136 cm³/mol. The van der Waals surface area contributed by atoms with Crippen LogP contribution in [0.1, 0.15) is 11.1 Å². The highest BCUT2D eigenvalue weighted by Crippen LogP contribution is 2.34. The zero-order valence-electron chi connectivity index (χ0n) is 19.7. The fraction of sp³-hybridized carbons (Fsp3) is 0.217. The van der Waals surface area contributed by atoms with Gasteiger partial charge in [-0.1, -0.05) is 6.07 Å². The van der Waals surface area contributed by atoms with Crippen LogP contribution < -0.4 is 11.1 Å². The third-order valence-corrected chi connectivity index (χ3v) is 5.71. The van der Waals surface area contributed by atoms with Crippen molar-refractivity contribution in [3.05, 3.63) is 59.7 Å². The van der Waals surface area contributed by atoms with Gasteiger partial charge in [0.15, 0.2) is 5.82 Å². The van der Waals surface area contributed by atoms with Crippen molar-refractivity contribution in [3.63, 3.8) is 0 Å². The van der Waals surface area contributed by atoms with Crippen LogP contribution in [0.4, 0.5) is 34.4 Å². The number of benzene rings is 2. The molecule has 0 unspecified atom stereocenters. The molecule has 0 aliphatic carbocycles. The van der Waals surface area contributed by atoms with Crippen molar-refractivity contribution in [2.75, 3.05) is 37.4 Å². The number of anilines is 2. The molecule has 3 rings (SSSR count). The summed E-state index contributed by atoms with van der Waals surface area (Å²) in [5, 5.41) is 38.0. The van der Waals surface area contributed by atoms with Gasteiger partial charge in [-0.25, -0.2) is 4.98 Å². The van der Waals surface area contributed by atoms with E-state index in [0.29, 0.717) is 47.3 Å². The van der Waals surface area contributed by atoms with E-state index in [2.05, 4.69) is 30.8 Å². The Labute approximate surface area is 213 Å². The molecule has 0 aliphatic heterocycles. The van der Waals surface area contributed by atoms with Crippen molar-refractivity contribution >= 4 is 44.5 Å². The number of azo groups is 2. The van der Waals surface area contributed by atoms with Crippen LogP contribution in [0.2, 0.25) is 0 Å². The number of nitrogen functional groups attached to an aromatic ring is 1. The molecule has 1 aromatic heterocycles. The number of pyridine rings is 1. The topological polar surface area (TPSA) is 208 Å². The molecular formula is C23H24N8O5S. The largest absolute Gasteiger partial charge is 0.394 e. The molecule has 0 radical (unpaired) electrons. The molecule has 3 aromatic rings. The third kappa shape index (κ3) is 7.59. The summed E-state index contributed by atoms with van der Waals surface area (Å²) in [6.07, 6.45) is 0. The average Bonchev–Trinajstić information content (AvgIpc) is 2.87.